The first-order valence-corrected chi connectivity index (χ1v) is 6.68. The SMILES string of the molecule is Cl.Cl.FC[C@@H](c1ccc(Br)s1)N1CCNCC1. The third-order valence-corrected chi connectivity index (χ3v) is 4.39. The van der Waals surface area contributed by atoms with E-state index in [1.54, 1.807) is 11.3 Å². The molecule has 0 amide bonds. The minimum atomic E-state index is -0.299. The van der Waals surface area contributed by atoms with Crippen LogP contribution in [-0.2, 0) is 0 Å². The van der Waals surface area contributed by atoms with Crippen LogP contribution in [0.3, 0.4) is 0 Å². The first-order chi connectivity index (χ1) is 7.31. The van der Waals surface area contributed by atoms with E-state index in [2.05, 4.69) is 26.1 Å². The molecule has 2 heterocycles. The van der Waals surface area contributed by atoms with E-state index in [0.29, 0.717) is 0 Å². The molecule has 100 valence electrons. The van der Waals surface area contributed by atoms with Crippen molar-refractivity contribution in [2.45, 2.75) is 6.04 Å². The van der Waals surface area contributed by atoms with Gasteiger partial charge >= 0.3 is 0 Å². The fraction of sp³-hybridized carbons (Fsp3) is 0.600. The van der Waals surface area contributed by atoms with Gasteiger partial charge in [0.2, 0.25) is 0 Å². The Morgan fingerprint density at radius 2 is 2.00 bits per heavy atom. The fourth-order valence-electron chi connectivity index (χ4n) is 1.85. The van der Waals surface area contributed by atoms with Crippen molar-refractivity contribution < 1.29 is 4.39 Å². The van der Waals surface area contributed by atoms with E-state index in [4.69, 9.17) is 0 Å². The van der Waals surface area contributed by atoms with Crippen LogP contribution in [0.25, 0.3) is 0 Å². The molecule has 0 aromatic carbocycles. The minimum absolute atomic E-state index is 0. The number of nitrogens with zero attached hydrogens (tertiary/aromatic N) is 1. The van der Waals surface area contributed by atoms with Crippen LogP contribution in [0.5, 0.6) is 0 Å². The topological polar surface area (TPSA) is 15.3 Å². The van der Waals surface area contributed by atoms with Gasteiger partial charge in [0.05, 0.1) is 9.83 Å². The molecule has 1 N–H and O–H groups in total. The Morgan fingerprint density at radius 1 is 1.35 bits per heavy atom. The van der Waals surface area contributed by atoms with E-state index in [-0.39, 0.29) is 37.5 Å². The molecule has 1 fully saturated rings. The van der Waals surface area contributed by atoms with E-state index in [9.17, 15) is 4.39 Å². The van der Waals surface area contributed by atoms with Gasteiger partial charge in [0.1, 0.15) is 6.67 Å². The van der Waals surface area contributed by atoms with Crippen molar-refractivity contribution in [3.05, 3.63) is 20.8 Å². The average molecular weight is 366 g/mol. The summed E-state index contributed by atoms with van der Waals surface area (Å²) < 4.78 is 14.1. The number of alkyl halides is 1. The number of halogens is 4. The summed E-state index contributed by atoms with van der Waals surface area (Å²) in [6.07, 6.45) is 0. The lowest BCUT2D eigenvalue weighted by Gasteiger charge is -2.32. The van der Waals surface area contributed by atoms with Crippen molar-refractivity contribution in [2.24, 2.45) is 0 Å². The maximum atomic E-state index is 13.1. The molecule has 0 spiro atoms. The third-order valence-electron chi connectivity index (χ3n) is 2.66. The van der Waals surface area contributed by atoms with Crippen LogP contribution >= 0.6 is 52.1 Å². The molecule has 1 aromatic rings. The monoisotopic (exact) mass is 364 g/mol. The number of thiophene rings is 1. The summed E-state index contributed by atoms with van der Waals surface area (Å²) in [5.41, 5.74) is 0. The molecular formula is C10H16BrCl2FN2S. The number of rotatable bonds is 3. The van der Waals surface area contributed by atoms with Crippen molar-refractivity contribution in [1.82, 2.24) is 10.2 Å². The molecule has 2 nitrogen and oxygen atoms in total. The Morgan fingerprint density at radius 3 is 2.47 bits per heavy atom. The summed E-state index contributed by atoms with van der Waals surface area (Å²) in [6.45, 7) is 3.49. The zero-order chi connectivity index (χ0) is 10.7. The van der Waals surface area contributed by atoms with Gasteiger partial charge in [-0.3, -0.25) is 4.90 Å². The van der Waals surface area contributed by atoms with Gasteiger partial charge in [-0.25, -0.2) is 4.39 Å². The zero-order valence-electron chi connectivity index (χ0n) is 9.20. The average Bonchev–Trinajstić information content (AvgIpc) is 2.68. The maximum absolute atomic E-state index is 13.1. The predicted molar refractivity (Wildman–Crippen MR) is 79.7 cm³/mol. The molecule has 2 rings (SSSR count). The van der Waals surface area contributed by atoms with Gasteiger partial charge < -0.3 is 5.32 Å². The molecule has 0 saturated carbocycles. The van der Waals surface area contributed by atoms with E-state index >= 15 is 0 Å². The lowest BCUT2D eigenvalue weighted by molar-refractivity contribution is 0.150. The van der Waals surface area contributed by atoms with Crippen molar-refractivity contribution in [3.8, 4) is 0 Å². The van der Waals surface area contributed by atoms with Crippen LogP contribution in [0, 0.1) is 0 Å². The molecule has 0 radical (unpaired) electrons. The van der Waals surface area contributed by atoms with Crippen LogP contribution in [-0.4, -0.2) is 37.8 Å². The van der Waals surface area contributed by atoms with Gasteiger partial charge in [0.25, 0.3) is 0 Å². The summed E-state index contributed by atoms with van der Waals surface area (Å²) in [6, 6.07) is 3.95. The highest BCUT2D eigenvalue weighted by Gasteiger charge is 2.23. The molecule has 1 aliphatic heterocycles. The Bertz CT molecular complexity index is 321. The molecule has 0 unspecified atom stereocenters. The lowest BCUT2D eigenvalue weighted by Crippen LogP contribution is -2.45. The van der Waals surface area contributed by atoms with Crippen LogP contribution < -0.4 is 5.32 Å². The lowest BCUT2D eigenvalue weighted by atomic mass is 10.2. The van der Waals surface area contributed by atoms with Gasteiger partial charge in [-0.1, -0.05) is 0 Å². The molecule has 7 heteroatoms. The summed E-state index contributed by atoms with van der Waals surface area (Å²) in [5, 5.41) is 3.28. The van der Waals surface area contributed by atoms with Crippen molar-refractivity contribution in [3.63, 3.8) is 0 Å². The third kappa shape index (κ3) is 4.65. The second-order valence-electron chi connectivity index (χ2n) is 3.60. The number of piperazine rings is 1. The molecule has 1 aromatic heterocycles. The highest BCUT2D eigenvalue weighted by Crippen LogP contribution is 2.31. The normalized spacial score (nSPS) is 18.0. The Kier molecular flexibility index (Phi) is 8.98. The largest absolute Gasteiger partial charge is 0.314 e. The van der Waals surface area contributed by atoms with Crippen LogP contribution in [0.4, 0.5) is 4.39 Å². The Labute approximate surface area is 126 Å². The Balaban J connectivity index is 0.00000128. The van der Waals surface area contributed by atoms with Gasteiger partial charge in [-0.05, 0) is 28.1 Å². The van der Waals surface area contributed by atoms with Crippen molar-refractivity contribution in [2.75, 3.05) is 32.9 Å². The van der Waals surface area contributed by atoms with E-state index in [1.165, 1.54) is 0 Å². The maximum Gasteiger partial charge on any atom is 0.110 e. The molecular weight excluding hydrogens is 350 g/mol. The van der Waals surface area contributed by atoms with E-state index in [0.717, 1.165) is 34.8 Å². The molecule has 1 atom stereocenters. The quantitative estimate of drug-likeness (QED) is 0.884. The van der Waals surface area contributed by atoms with E-state index in [1.807, 2.05) is 12.1 Å². The van der Waals surface area contributed by atoms with Crippen LogP contribution in [0.1, 0.15) is 10.9 Å². The molecule has 17 heavy (non-hydrogen) atoms. The highest BCUT2D eigenvalue weighted by atomic mass is 79.9. The van der Waals surface area contributed by atoms with Gasteiger partial charge in [-0.2, -0.15) is 0 Å². The smallest absolute Gasteiger partial charge is 0.110 e. The van der Waals surface area contributed by atoms with Crippen molar-refractivity contribution in [1.29, 1.82) is 0 Å². The summed E-state index contributed by atoms with van der Waals surface area (Å²) in [4.78, 5) is 3.33. The molecule has 0 aliphatic carbocycles. The second kappa shape index (κ2) is 8.67. The first kappa shape index (κ1) is 17.6. The van der Waals surface area contributed by atoms with Crippen LogP contribution in [0.15, 0.2) is 15.9 Å². The second-order valence-corrected chi connectivity index (χ2v) is 6.09. The van der Waals surface area contributed by atoms with Crippen LogP contribution in [0.2, 0.25) is 0 Å². The highest BCUT2D eigenvalue weighted by molar-refractivity contribution is 9.11. The van der Waals surface area contributed by atoms with Gasteiger partial charge in [0, 0.05) is 31.1 Å². The number of hydrogen-bond donors (Lipinski definition) is 1. The van der Waals surface area contributed by atoms with E-state index < -0.39 is 0 Å². The minimum Gasteiger partial charge on any atom is -0.314 e. The Hall–Kier alpha value is 0.610. The molecule has 1 saturated heterocycles. The first-order valence-electron chi connectivity index (χ1n) is 5.07. The summed E-state index contributed by atoms with van der Waals surface area (Å²) >= 11 is 5.05. The van der Waals surface area contributed by atoms with Gasteiger partial charge in [-0.15, -0.1) is 36.2 Å². The van der Waals surface area contributed by atoms with Crippen molar-refractivity contribution >= 4 is 52.1 Å². The zero-order valence-corrected chi connectivity index (χ0v) is 13.2. The summed E-state index contributed by atoms with van der Waals surface area (Å²) in [7, 11) is 0. The summed E-state index contributed by atoms with van der Waals surface area (Å²) in [5.74, 6) is 0. The fourth-order valence-corrected chi connectivity index (χ4v) is 3.39. The standard InChI is InChI=1S/C10H14BrFN2S.2ClH/c11-10-2-1-9(15-10)8(7-12)14-5-3-13-4-6-14;;/h1-2,8,13H,3-7H2;2*1H/t8-;;/m0../s1. The predicted octanol–water partition coefficient (Wildman–Crippen LogP) is 3.27. The molecule has 0 bridgehead atoms. The van der Waals surface area contributed by atoms with Gasteiger partial charge in [0.15, 0.2) is 0 Å². The molecule has 1 aliphatic rings. The number of nitrogens with one attached hydrogen (secondary N) is 1. The number of hydrogen-bond acceptors (Lipinski definition) is 3.